The van der Waals surface area contributed by atoms with E-state index in [9.17, 15) is 5.11 Å². The fourth-order valence-electron chi connectivity index (χ4n) is 2.41. The lowest BCUT2D eigenvalue weighted by molar-refractivity contribution is 0.281. The van der Waals surface area contributed by atoms with E-state index in [-0.39, 0.29) is 6.61 Å². The Morgan fingerprint density at radius 1 is 0.950 bits per heavy atom. The van der Waals surface area contributed by atoms with Crippen LogP contribution < -0.4 is 4.74 Å². The highest BCUT2D eigenvalue weighted by atomic mass is 32.1. The van der Waals surface area contributed by atoms with E-state index in [0.717, 1.165) is 38.2 Å². The van der Waals surface area contributed by atoms with E-state index < -0.39 is 0 Å². The summed E-state index contributed by atoms with van der Waals surface area (Å²) in [6, 6.07) is 15.8. The summed E-state index contributed by atoms with van der Waals surface area (Å²) in [5, 5.41) is 10.1. The molecule has 0 aliphatic carbocycles. The summed E-state index contributed by atoms with van der Waals surface area (Å²) in [6.07, 6.45) is 0. The van der Waals surface area contributed by atoms with Crippen molar-refractivity contribution in [1.29, 1.82) is 0 Å². The van der Waals surface area contributed by atoms with Gasteiger partial charge >= 0.3 is 0 Å². The number of hydrogen-bond acceptors (Lipinski definition) is 4. The lowest BCUT2D eigenvalue weighted by atomic mass is 10.1. The Hall–Kier alpha value is -2.17. The van der Waals surface area contributed by atoms with Crippen LogP contribution in [0.5, 0.6) is 11.5 Å². The molecule has 1 aliphatic heterocycles. The molecule has 0 saturated carbocycles. The highest BCUT2D eigenvalue weighted by molar-refractivity contribution is 7.15. The normalized spacial score (nSPS) is 11.8. The van der Waals surface area contributed by atoms with E-state index in [1.165, 1.54) is 11.3 Å². The molecule has 2 heterocycles. The van der Waals surface area contributed by atoms with Gasteiger partial charge in [0.2, 0.25) is 0 Å². The lowest BCUT2D eigenvalue weighted by Crippen LogP contribution is -1.87. The zero-order valence-electron chi connectivity index (χ0n) is 10.5. The van der Waals surface area contributed by atoms with Crippen molar-refractivity contribution in [2.24, 2.45) is 0 Å². The fraction of sp³-hybridized carbons (Fsp3) is 0.0625. The number of fused-ring (bicyclic) bond motifs is 5. The Morgan fingerprint density at radius 2 is 1.60 bits per heavy atom. The van der Waals surface area contributed by atoms with Crippen LogP contribution in [0.2, 0.25) is 0 Å². The monoisotopic (exact) mass is 281 g/mol. The number of benzene rings is 2. The second-order valence-electron chi connectivity index (χ2n) is 4.54. The van der Waals surface area contributed by atoms with Crippen LogP contribution in [0.25, 0.3) is 21.7 Å². The van der Waals surface area contributed by atoms with Gasteiger partial charge in [0.25, 0.3) is 0 Å². The maximum absolute atomic E-state index is 9.37. The second-order valence-corrected chi connectivity index (χ2v) is 5.62. The minimum Gasteiger partial charge on any atom is -0.456 e. The number of rotatable bonds is 1. The van der Waals surface area contributed by atoms with E-state index >= 15 is 0 Å². The third kappa shape index (κ3) is 1.66. The van der Waals surface area contributed by atoms with Crippen molar-refractivity contribution < 1.29 is 9.84 Å². The first kappa shape index (κ1) is 11.6. The Balaban J connectivity index is 2.08. The van der Waals surface area contributed by atoms with E-state index in [0.29, 0.717) is 0 Å². The summed E-state index contributed by atoms with van der Waals surface area (Å²) in [5.41, 5.74) is 2.88. The van der Waals surface area contributed by atoms with Crippen molar-refractivity contribution in [3.63, 3.8) is 0 Å². The molecule has 0 bridgehead atoms. The van der Waals surface area contributed by atoms with Gasteiger partial charge in [0.05, 0.1) is 17.2 Å². The third-order valence-electron chi connectivity index (χ3n) is 3.30. The van der Waals surface area contributed by atoms with Crippen molar-refractivity contribution in [3.05, 3.63) is 53.5 Å². The molecule has 2 aromatic carbocycles. The van der Waals surface area contributed by atoms with Crippen molar-refractivity contribution in [2.75, 3.05) is 0 Å². The standard InChI is InChI=1S/C16H11NO2S/c18-9-14-17-15-10-5-1-3-7-12(10)19-13-8-4-2-6-11(13)16(15)20-14/h1-8,18H,9H2. The van der Waals surface area contributed by atoms with Crippen LogP contribution in [0.3, 0.4) is 0 Å². The average Bonchev–Trinajstić information content (AvgIpc) is 2.87. The zero-order chi connectivity index (χ0) is 13.5. The first-order valence-electron chi connectivity index (χ1n) is 6.34. The molecule has 0 saturated heterocycles. The largest absolute Gasteiger partial charge is 0.456 e. The van der Waals surface area contributed by atoms with Crippen LogP contribution in [0.1, 0.15) is 5.01 Å². The number of ether oxygens (including phenoxy) is 1. The number of para-hydroxylation sites is 2. The van der Waals surface area contributed by atoms with Crippen LogP contribution in [-0.4, -0.2) is 10.1 Å². The number of aliphatic hydroxyl groups excluding tert-OH is 1. The molecule has 1 aliphatic rings. The Labute approximate surface area is 120 Å². The molecular weight excluding hydrogens is 270 g/mol. The Morgan fingerprint density at radius 3 is 2.35 bits per heavy atom. The summed E-state index contributed by atoms with van der Waals surface area (Å²) in [7, 11) is 0. The van der Waals surface area contributed by atoms with Gasteiger partial charge in [-0.2, -0.15) is 0 Å². The van der Waals surface area contributed by atoms with Gasteiger partial charge in [-0.15, -0.1) is 11.3 Å². The summed E-state index contributed by atoms with van der Waals surface area (Å²) in [6.45, 7) is -0.0388. The highest BCUT2D eigenvalue weighted by Crippen LogP contribution is 2.48. The van der Waals surface area contributed by atoms with Crippen LogP contribution in [-0.2, 0) is 6.61 Å². The van der Waals surface area contributed by atoms with E-state index in [2.05, 4.69) is 4.98 Å². The molecule has 0 atom stereocenters. The molecule has 4 heteroatoms. The van der Waals surface area contributed by atoms with Gasteiger partial charge < -0.3 is 9.84 Å². The zero-order valence-corrected chi connectivity index (χ0v) is 11.4. The minimum absolute atomic E-state index is 0.0388. The van der Waals surface area contributed by atoms with Gasteiger partial charge in [-0.3, -0.25) is 0 Å². The first-order chi connectivity index (χ1) is 9.86. The van der Waals surface area contributed by atoms with Gasteiger partial charge in [-0.05, 0) is 24.3 Å². The molecule has 0 radical (unpaired) electrons. The van der Waals surface area contributed by atoms with Gasteiger partial charge in [0.15, 0.2) is 0 Å². The number of aliphatic hydroxyl groups is 1. The molecule has 3 aromatic rings. The predicted molar refractivity (Wildman–Crippen MR) is 79.0 cm³/mol. The van der Waals surface area contributed by atoms with E-state index in [1.54, 1.807) is 0 Å². The molecule has 1 N–H and O–H groups in total. The molecule has 0 unspecified atom stereocenters. The van der Waals surface area contributed by atoms with Crippen molar-refractivity contribution in [3.8, 4) is 33.2 Å². The summed E-state index contributed by atoms with van der Waals surface area (Å²) in [4.78, 5) is 5.61. The summed E-state index contributed by atoms with van der Waals surface area (Å²) < 4.78 is 6.02. The summed E-state index contributed by atoms with van der Waals surface area (Å²) >= 11 is 1.51. The summed E-state index contributed by atoms with van der Waals surface area (Å²) in [5.74, 6) is 1.63. The minimum atomic E-state index is -0.0388. The van der Waals surface area contributed by atoms with Crippen LogP contribution >= 0.6 is 11.3 Å². The van der Waals surface area contributed by atoms with Crippen LogP contribution in [0.15, 0.2) is 48.5 Å². The lowest BCUT2D eigenvalue weighted by Gasteiger charge is -2.08. The van der Waals surface area contributed by atoms with Crippen LogP contribution in [0.4, 0.5) is 0 Å². The maximum Gasteiger partial charge on any atom is 0.136 e. The molecule has 0 fully saturated rings. The highest BCUT2D eigenvalue weighted by Gasteiger charge is 2.23. The number of thiazole rings is 1. The quantitative estimate of drug-likeness (QED) is 0.571. The predicted octanol–water partition coefficient (Wildman–Crippen LogP) is 4.08. The van der Waals surface area contributed by atoms with Gasteiger partial charge in [-0.25, -0.2) is 4.98 Å². The van der Waals surface area contributed by atoms with Gasteiger partial charge in [-0.1, -0.05) is 24.3 Å². The van der Waals surface area contributed by atoms with Gasteiger partial charge in [0.1, 0.15) is 16.5 Å². The molecule has 0 spiro atoms. The first-order valence-corrected chi connectivity index (χ1v) is 7.15. The third-order valence-corrected chi connectivity index (χ3v) is 4.37. The molecular formula is C16H11NO2S. The Kier molecular flexibility index (Phi) is 2.58. The topological polar surface area (TPSA) is 42.4 Å². The molecule has 3 nitrogen and oxygen atoms in total. The van der Waals surface area contributed by atoms with E-state index in [4.69, 9.17) is 4.74 Å². The SMILES string of the molecule is OCc1nc2c(s1)-c1ccccc1Oc1ccccc1-2. The molecule has 98 valence electrons. The molecule has 1 aromatic heterocycles. The molecule has 20 heavy (non-hydrogen) atoms. The molecule has 4 rings (SSSR count). The van der Waals surface area contributed by atoms with Crippen molar-refractivity contribution in [1.82, 2.24) is 4.98 Å². The van der Waals surface area contributed by atoms with Crippen molar-refractivity contribution >= 4 is 11.3 Å². The average molecular weight is 281 g/mol. The van der Waals surface area contributed by atoms with E-state index in [1.807, 2.05) is 48.5 Å². The Bertz CT molecular complexity index is 732. The number of hydrogen-bond donors (Lipinski definition) is 1. The maximum atomic E-state index is 9.37. The smallest absolute Gasteiger partial charge is 0.136 e. The van der Waals surface area contributed by atoms with Crippen molar-refractivity contribution in [2.45, 2.75) is 6.61 Å². The van der Waals surface area contributed by atoms with Gasteiger partial charge in [0, 0.05) is 11.1 Å². The number of aromatic nitrogens is 1. The fourth-order valence-corrected chi connectivity index (χ4v) is 3.38. The molecule has 0 amide bonds. The van der Waals surface area contributed by atoms with Crippen LogP contribution in [0, 0.1) is 0 Å². The second kappa shape index (κ2) is 4.44. The number of nitrogens with zero attached hydrogens (tertiary/aromatic N) is 1.